The monoisotopic (exact) mass is 285 g/mol. The first-order chi connectivity index (χ1) is 10.3. The van der Waals surface area contributed by atoms with Crippen molar-refractivity contribution in [3.8, 4) is 5.75 Å². The number of methoxy groups -OCH3 is 1. The smallest absolute Gasteiger partial charge is 0.126 e. The van der Waals surface area contributed by atoms with Crippen LogP contribution in [0.4, 0.5) is 0 Å². The fraction of sp³-hybridized carbons (Fsp3) is 0.474. The summed E-state index contributed by atoms with van der Waals surface area (Å²) in [6.45, 7) is 5.54. The third-order valence-electron chi connectivity index (χ3n) is 4.00. The van der Waals surface area contributed by atoms with Gasteiger partial charge in [0.2, 0.25) is 0 Å². The van der Waals surface area contributed by atoms with Crippen LogP contribution in [0.1, 0.15) is 51.1 Å². The SMILES string of the molecule is CCCCC(NCCC)c1ccc(OC)c2ccccc12. The van der Waals surface area contributed by atoms with Crippen LogP contribution in [0, 0.1) is 0 Å². The molecule has 114 valence electrons. The van der Waals surface area contributed by atoms with E-state index in [0.717, 1.165) is 18.7 Å². The summed E-state index contributed by atoms with van der Waals surface area (Å²) >= 11 is 0. The summed E-state index contributed by atoms with van der Waals surface area (Å²) in [5, 5.41) is 6.22. The molecule has 1 unspecified atom stereocenters. The van der Waals surface area contributed by atoms with E-state index in [9.17, 15) is 0 Å². The molecule has 2 aromatic carbocycles. The van der Waals surface area contributed by atoms with Crippen molar-refractivity contribution in [3.05, 3.63) is 42.0 Å². The van der Waals surface area contributed by atoms with E-state index in [4.69, 9.17) is 4.74 Å². The van der Waals surface area contributed by atoms with Crippen molar-refractivity contribution in [2.45, 2.75) is 45.6 Å². The second kappa shape index (κ2) is 8.04. The van der Waals surface area contributed by atoms with E-state index in [1.807, 2.05) is 0 Å². The Hall–Kier alpha value is -1.54. The Bertz CT molecular complexity index is 556. The van der Waals surface area contributed by atoms with Gasteiger partial charge in [0.05, 0.1) is 7.11 Å². The molecule has 0 fully saturated rings. The summed E-state index contributed by atoms with van der Waals surface area (Å²) in [5.41, 5.74) is 1.40. The van der Waals surface area contributed by atoms with Gasteiger partial charge in [-0.15, -0.1) is 0 Å². The number of rotatable bonds is 8. The molecule has 0 spiro atoms. The van der Waals surface area contributed by atoms with E-state index in [1.165, 1.54) is 35.6 Å². The zero-order chi connectivity index (χ0) is 15.1. The number of benzene rings is 2. The van der Waals surface area contributed by atoms with Gasteiger partial charge in [-0.3, -0.25) is 0 Å². The average Bonchev–Trinajstić information content (AvgIpc) is 2.54. The Labute approximate surface area is 128 Å². The topological polar surface area (TPSA) is 21.3 Å². The molecule has 0 radical (unpaired) electrons. The van der Waals surface area contributed by atoms with Crippen LogP contribution in [-0.4, -0.2) is 13.7 Å². The molecule has 0 aliphatic rings. The molecular weight excluding hydrogens is 258 g/mol. The van der Waals surface area contributed by atoms with Crippen LogP contribution in [0.2, 0.25) is 0 Å². The van der Waals surface area contributed by atoms with Gasteiger partial charge in [-0.2, -0.15) is 0 Å². The minimum Gasteiger partial charge on any atom is -0.496 e. The van der Waals surface area contributed by atoms with Crippen LogP contribution in [-0.2, 0) is 0 Å². The Morgan fingerprint density at radius 3 is 2.43 bits per heavy atom. The summed E-state index contributed by atoms with van der Waals surface area (Å²) < 4.78 is 5.50. The number of hydrogen-bond donors (Lipinski definition) is 1. The average molecular weight is 285 g/mol. The van der Waals surface area contributed by atoms with Gasteiger partial charge in [-0.25, -0.2) is 0 Å². The first-order valence-electron chi connectivity index (χ1n) is 8.10. The Balaban J connectivity index is 2.41. The number of unbranched alkanes of at least 4 members (excludes halogenated alkanes) is 1. The fourth-order valence-corrected chi connectivity index (χ4v) is 2.87. The highest BCUT2D eigenvalue weighted by atomic mass is 16.5. The van der Waals surface area contributed by atoms with Crippen LogP contribution in [0.5, 0.6) is 5.75 Å². The van der Waals surface area contributed by atoms with E-state index in [-0.39, 0.29) is 0 Å². The molecule has 1 atom stereocenters. The van der Waals surface area contributed by atoms with Crippen LogP contribution in [0.15, 0.2) is 36.4 Å². The quantitative estimate of drug-likeness (QED) is 0.730. The van der Waals surface area contributed by atoms with E-state index >= 15 is 0 Å². The first kappa shape index (κ1) is 15.8. The Kier molecular flexibility index (Phi) is 6.06. The minimum atomic E-state index is 0.431. The zero-order valence-corrected chi connectivity index (χ0v) is 13.5. The largest absolute Gasteiger partial charge is 0.496 e. The lowest BCUT2D eigenvalue weighted by Crippen LogP contribution is -2.22. The third kappa shape index (κ3) is 3.76. The highest BCUT2D eigenvalue weighted by molar-refractivity contribution is 5.91. The zero-order valence-electron chi connectivity index (χ0n) is 13.5. The summed E-state index contributed by atoms with van der Waals surface area (Å²) in [6, 6.07) is 13.3. The van der Waals surface area contributed by atoms with Crippen LogP contribution >= 0.6 is 0 Å². The molecular formula is C19H27NO. The van der Waals surface area contributed by atoms with Crippen molar-refractivity contribution in [1.82, 2.24) is 5.32 Å². The number of ether oxygens (including phenoxy) is 1. The standard InChI is InChI=1S/C19H27NO/c1-4-6-11-18(20-14-5-2)16-12-13-19(21-3)17-10-8-7-9-15(16)17/h7-10,12-13,18,20H,4-6,11,14H2,1-3H3. The first-order valence-corrected chi connectivity index (χ1v) is 8.10. The van der Waals surface area contributed by atoms with Gasteiger partial charge in [0.15, 0.2) is 0 Å². The van der Waals surface area contributed by atoms with Crippen molar-refractivity contribution < 1.29 is 4.74 Å². The fourth-order valence-electron chi connectivity index (χ4n) is 2.87. The second-order valence-electron chi connectivity index (χ2n) is 5.55. The molecule has 1 N–H and O–H groups in total. The van der Waals surface area contributed by atoms with Crippen LogP contribution in [0.25, 0.3) is 10.8 Å². The molecule has 0 saturated heterocycles. The molecule has 0 bridgehead atoms. The highest BCUT2D eigenvalue weighted by Gasteiger charge is 2.14. The normalized spacial score (nSPS) is 12.5. The van der Waals surface area contributed by atoms with Crippen molar-refractivity contribution in [3.63, 3.8) is 0 Å². The van der Waals surface area contributed by atoms with Crippen LogP contribution < -0.4 is 10.1 Å². The van der Waals surface area contributed by atoms with Crippen molar-refractivity contribution in [2.75, 3.05) is 13.7 Å². The van der Waals surface area contributed by atoms with Gasteiger partial charge in [-0.1, -0.05) is 57.0 Å². The molecule has 0 aromatic heterocycles. The molecule has 0 saturated carbocycles. The molecule has 0 heterocycles. The molecule has 2 aromatic rings. The van der Waals surface area contributed by atoms with Crippen molar-refractivity contribution in [1.29, 1.82) is 0 Å². The lowest BCUT2D eigenvalue weighted by atomic mass is 9.94. The second-order valence-corrected chi connectivity index (χ2v) is 5.55. The number of fused-ring (bicyclic) bond motifs is 1. The maximum absolute atomic E-state index is 5.50. The summed E-state index contributed by atoms with van der Waals surface area (Å²) in [7, 11) is 1.74. The van der Waals surface area contributed by atoms with Gasteiger partial charge in [0.1, 0.15) is 5.75 Å². The molecule has 2 heteroatoms. The van der Waals surface area contributed by atoms with Gasteiger partial charge in [0.25, 0.3) is 0 Å². The molecule has 0 aliphatic heterocycles. The summed E-state index contributed by atoms with van der Waals surface area (Å²) in [6.07, 6.45) is 4.84. The Morgan fingerprint density at radius 1 is 1.00 bits per heavy atom. The van der Waals surface area contributed by atoms with Gasteiger partial charge >= 0.3 is 0 Å². The number of nitrogens with one attached hydrogen (secondary N) is 1. The third-order valence-corrected chi connectivity index (χ3v) is 4.00. The lowest BCUT2D eigenvalue weighted by Gasteiger charge is -2.21. The van der Waals surface area contributed by atoms with E-state index in [0.29, 0.717) is 6.04 Å². The van der Waals surface area contributed by atoms with Crippen LogP contribution in [0.3, 0.4) is 0 Å². The number of hydrogen-bond acceptors (Lipinski definition) is 2. The van der Waals surface area contributed by atoms with E-state index in [2.05, 4.69) is 55.6 Å². The summed E-state index contributed by atoms with van der Waals surface area (Å²) in [4.78, 5) is 0. The summed E-state index contributed by atoms with van der Waals surface area (Å²) in [5.74, 6) is 0.957. The molecule has 0 aliphatic carbocycles. The molecule has 2 nitrogen and oxygen atoms in total. The van der Waals surface area contributed by atoms with Gasteiger partial charge < -0.3 is 10.1 Å². The van der Waals surface area contributed by atoms with E-state index < -0.39 is 0 Å². The maximum atomic E-state index is 5.50. The predicted molar refractivity (Wildman–Crippen MR) is 91.1 cm³/mol. The van der Waals surface area contributed by atoms with E-state index in [1.54, 1.807) is 7.11 Å². The maximum Gasteiger partial charge on any atom is 0.126 e. The van der Waals surface area contributed by atoms with Crippen molar-refractivity contribution >= 4 is 10.8 Å². The highest BCUT2D eigenvalue weighted by Crippen LogP contribution is 2.33. The molecule has 2 rings (SSSR count). The van der Waals surface area contributed by atoms with Gasteiger partial charge in [0, 0.05) is 11.4 Å². The van der Waals surface area contributed by atoms with Crippen molar-refractivity contribution in [2.24, 2.45) is 0 Å². The molecule has 21 heavy (non-hydrogen) atoms. The van der Waals surface area contributed by atoms with Gasteiger partial charge in [-0.05, 0) is 36.4 Å². The minimum absolute atomic E-state index is 0.431. The Morgan fingerprint density at radius 2 is 1.76 bits per heavy atom. The lowest BCUT2D eigenvalue weighted by molar-refractivity contribution is 0.419. The predicted octanol–water partition coefficient (Wildman–Crippen LogP) is 5.08. The molecule has 0 amide bonds.